The molecule has 1 amide bonds. The zero-order valence-electron chi connectivity index (χ0n) is 13.5. The van der Waals surface area contributed by atoms with Crippen molar-refractivity contribution < 1.29 is 14.6 Å². The number of hydrogen-bond acceptors (Lipinski definition) is 7. The number of carbonyl (C=O) groups excluding carboxylic acids is 1. The second kappa shape index (κ2) is 8.39. The average molecular weight is 350 g/mol. The Morgan fingerprint density at radius 1 is 1.33 bits per heavy atom. The van der Waals surface area contributed by atoms with E-state index in [1.807, 2.05) is 12.1 Å². The van der Waals surface area contributed by atoms with Crippen LogP contribution in [0, 0.1) is 0 Å². The lowest BCUT2D eigenvalue weighted by Crippen LogP contribution is -2.38. The van der Waals surface area contributed by atoms with Crippen LogP contribution in [0.1, 0.15) is 10.4 Å². The minimum absolute atomic E-state index is 0.0637. The minimum atomic E-state index is -0.179. The standard InChI is InChI=1S/C16H22N4O3S/c21-8-4-17-15(22)12-1-2-13-14(11-12)24-16(19-13)18-3-5-20-6-9-23-10-7-20/h1-2,11,21H,3-10H2,(H,17,22)(H,18,19). The van der Waals surface area contributed by atoms with E-state index in [1.165, 1.54) is 0 Å². The first kappa shape index (κ1) is 17.1. The second-order valence-electron chi connectivity index (χ2n) is 5.56. The maximum absolute atomic E-state index is 11.9. The summed E-state index contributed by atoms with van der Waals surface area (Å²) in [5.41, 5.74) is 1.46. The van der Waals surface area contributed by atoms with Crippen LogP contribution < -0.4 is 10.6 Å². The molecular formula is C16H22N4O3S. The molecule has 7 nitrogen and oxygen atoms in total. The third kappa shape index (κ3) is 4.41. The molecule has 8 heteroatoms. The predicted octanol–water partition coefficient (Wildman–Crippen LogP) is 0.762. The Labute approximate surface area is 144 Å². The number of aliphatic hydroxyl groups excluding tert-OH is 1. The van der Waals surface area contributed by atoms with Crippen LogP contribution in [0.15, 0.2) is 18.2 Å². The molecule has 0 saturated carbocycles. The number of aromatic nitrogens is 1. The van der Waals surface area contributed by atoms with Gasteiger partial charge in [0, 0.05) is 38.3 Å². The largest absolute Gasteiger partial charge is 0.395 e. The summed E-state index contributed by atoms with van der Waals surface area (Å²) in [6.45, 7) is 5.57. The third-order valence-electron chi connectivity index (χ3n) is 3.86. The molecule has 1 aromatic carbocycles. The van der Waals surface area contributed by atoms with E-state index in [9.17, 15) is 4.79 Å². The van der Waals surface area contributed by atoms with Crippen molar-refractivity contribution >= 4 is 32.6 Å². The van der Waals surface area contributed by atoms with Crippen LogP contribution in [0.25, 0.3) is 10.2 Å². The van der Waals surface area contributed by atoms with Crippen LogP contribution in [0.4, 0.5) is 5.13 Å². The number of nitrogens with zero attached hydrogens (tertiary/aromatic N) is 2. The van der Waals surface area contributed by atoms with Crippen molar-refractivity contribution in [3.63, 3.8) is 0 Å². The predicted molar refractivity (Wildman–Crippen MR) is 94.8 cm³/mol. The molecule has 130 valence electrons. The average Bonchev–Trinajstić information content (AvgIpc) is 3.02. The SMILES string of the molecule is O=C(NCCO)c1ccc2nc(NCCN3CCOCC3)sc2c1. The highest BCUT2D eigenvalue weighted by Gasteiger charge is 2.11. The van der Waals surface area contributed by atoms with Gasteiger partial charge in [-0.25, -0.2) is 4.98 Å². The molecule has 1 aromatic heterocycles. The minimum Gasteiger partial charge on any atom is -0.395 e. The molecule has 2 aromatic rings. The normalized spacial score (nSPS) is 15.5. The van der Waals surface area contributed by atoms with Gasteiger partial charge in [-0.1, -0.05) is 11.3 Å². The molecule has 3 rings (SSSR count). The van der Waals surface area contributed by atoms with E-state index < -0.39 is 0 Å². The first-order chi connectivity index (χ1) is 11.8. The zero-order valence-corrected chi connectivity index (χ0v) is 14.3. The number of aliphatic hydroxyl groups is 1. The Hall–Kier alpha value is -1.74. The maximum Gasteiger partial charge on any atom is 0.251 e. The number of nitrogens with one attached hydrogen (secondary N) is 2. The smallest absolute Gasteiger partial charge is 0.251 e. The van der Waals surface area contributed by atoms with Crippen molar-refractivity contribution in [2.45, 2.75) is 0 Å². The van der Waals surface area contributed by atoms with Crippen LogP contribution >= 0.6 is 11.3 Å². The lowest BCUT2D eigenvalue weighted by atomic mass is 10.2. The molecule has 0 aliphatic carbocycles. The van der Waals surface area contributed by atoms with Gasteiger partial charge in [0.2, 0.25) is 0 Å². The van der Waals surface area contributed by atoms with E-state index in [4.69, 9.17) is 9.84 Å². The second-order valence-corrected chi connectivity index (χ2v) is 6.59. The summed E-state index contributed by atoms with van der Waals surface area (Å²) in [6.07, 6.45) is 0. The van der Waals surface area contributed by atoms with Gasteiger partial charge in [-0.2, -0.15) is 0 Å². The molecule has 1 aliphatic heterocycles. The summed E-state index contributed by atoms with van der Waals surface area (Å²) < 4.78 is 6.31. The molecule has 24 heavy (non-hydrogen) atoms. The Balaban J connectivity index is 1.57. The van der Waals surface area contributed by atoms with Gasteiger partial charge in [0.05, 0.1) is 30.0 Å². The first-order valence-electron chi connectivity index (χ1n) is 8.10. The Kier molecular flexibility index (Phi) is 5.97. The molecule has 0 unspecified atom stereocenters. The number of hydrogen-bond donors (Lipinski definition) is 3. The van der Waals surface area contributed by atoms with Gasteiger partial charge in [-0.3, -0.25) is 9.69 Å². The van der Waals surface area contributed by atoms with Crippen molar-refractivity contribution in [3.05, 3.63) is 23.8 Å². The lowest BCUT2D eigenvalue weighted by molar-refractivity contribution is 0.0398. The molecule has 0 bridgehead atoms. The molecule has 1 fully saturated rings. The number of ether oxygens (including phenoxy) is 1. The van der Waals surface area contributed by atoms with Gasteiger partial charge in [-0.15, -0.1) is 0 Å². The van der Waals surface area contributed by atoms with Crippen molar-refractivity contribution in [2.75, 3.05) is 57.9 Å². The van der Waals surface area contributed by atoms with E-state index in [2.05, 4.69) is 20.5 Å². The molecule has 1 aliphatic rings. The van der Waals surface area contributed by atoms with Crippen molar-refractivity contribution in [1.29, 1.82) is 0 Å². The van der Waals surface area contributed by atoms with Crippen molar-refractivity contribution in [2.24, 2.45) is 0 Å². The fraction of sp³-hybridized carbons (Fsp3) is 0.500. The highest BCUT2D eigenvalue weighted by Crippen LogP contribution is 2.26. The topological polar surface area (TPSA) is 86.7 Å². The number of amides is 1. The summed E-state index contributed by atoms with van der Waals surface area (Å²) in [5.74, 6) is -0.179. The monoisotopic (exact) mass is 350 g/mol. The number of fused-ring (bicyclic) bond motifs is 1. The number of morpholine rings is 1. The fourth-order valence-electron chi connectivity index (χ4n) is 2.56. The molecule has 0 spiro atoms. The molecule has 0 radical (unpaired) electrons. The van der Waals surface area contributed by atoms with Gasteiger partial charge in [0.25, 0.3) is 5.91 Å². The van der Waals surface area contributed by atoms with Gasteiger partial charge in [0.1, 0.15) is 0 Å². The number of benzene rings is 1. The van der Waals surface area contributed by atoms with Gasteiger partial charge >= 0.3 is 0 Å². The van der Waals surface area contributed by atoms with Crippen LogP contribution in [0.3, 0.4) is 0 Å². The van der Waals surface area contributed by atoms with Gasteiger partial charge in [-0.05, 0) is 18.2 Å². The third-order valence-corrected chi connectivity index (χ3v) is 4.83. The molecule has 2 heterocycles. The molecule has 1 saturated heterocycles. The lowest BCUT2D eigenvalue weighted by Gasteiger charge is -2.26. The summed E-state index contributed by atoms with van der Waals surface area (Å²) in [4.78, 5) is 18.9. The summed E-state index contributed by atoms with van der Waals surface area (Å²) in [5, 5.41) is 15.6. The summed E-state index contributed by atoms with van der Waals surface area (Å²) >= 11 is 1.54. The van der Waals surface area contributed by atoms with Crippen molar-refractivity contribution in [3.8, 4) is 0 Å². The van der Waals surface area contributed by atoms with Crippen LogP contribution in [0.5, 0.6) is 0 Å². The first-order valence-corrected chi connectivity index (χ1v) is 8.91. The van der Waals surface area contributed by atoms with Gasteiger partial charge < -0.3 is 20.5 Å². The van der Waals surface area contributed by atoms with Crippen molar-refractivity contribution in [1.82, 2.24) is 15.2 Å². The summed E-state index contributed by atoms with van der Waals surface area (Å²) in [7, 11) is 0. The zero-order chi connectivity index (χ0) is 16.8. The highest BCUT2D eigenvalue weighted by atomic mass is 32.1. The molecular weight excluding hydrogens is 328 g/mol. The molecule has 0 atom stereocenters. The Morgan fingerprint density at radius 2 is 2.17 bits per heavy atom. The molecule has 3 N–H and O–H groups in total. The van der Waals surface area contributed by atoms with E-state index in [0.29, 0.717) is 5.56 Å². The van der Waals surface area contributed by atoms with Gasteiger partial charge in [0.15, 0.2) is 5.13 Å². The van der Waals surface area contributed by atoms with E-state index >= 15 is 0 Å². The van der Waals surface area contributed by atoms with Crippen LogP contribution in [0.2, 0.25) is 0 Å². The number of carbonyl (C=O) groups is 1. The van der Waals surface area contributed by atoms with E-state index in [1.54, 1.807) is 17.4 Å². The Morgan fingerprint density at radius 3 is 2.96 bits per heavy atom. The van der Waals surface area contributed by atoms with Crippen LogP contribution in [-0.2, 0) is 4.74 Å². The van der Waals surface area contributed by atoms with E-state index in [-0.39, 0.29) is 19.1 Å². The fourth-order valence-corrected chi connectivity index (χ4v) is 3.49. The number of rotatable bonds is 7. The van der Waals surface area contributed by atoms with E-state index in [0.717, 1.165) is 54.7 Å². The number of thiazole rings is 1. The maximum atomic E-state index is 11.9. The van der Waals surface area contributed by atoms with Crippen LogP contribution in [-0.4, -0.2) is 73.4 Å². The highest BCUT2D eigenvalue weighted by molar-refractivity contribution is 7.22. The Bertz CT molecular complexity index is 685. The quantitative estimate of drug-likeness (QED) is 0.684. The summed E-state index contributed by atoms with van der Waals surface area (Å²) in [6, 6.07) is 5.45. The number of anilines is 1.